The van der Waals surface area contributed by atoms with Crippen LogP contribution in [0.15, 0.2) is 73.8 Å². The van der Waals surface area contributed by atoms with Gasteiger partial charge < -0.3 is 24.5 Å². The Kier molecular flexibility index (Phi) is 9.73. The fraction of sp³-hybridized carbons (Fsp3) is 0.472. The number of hydrogen-bond acceptors (Lipinski definition) is 5. The third-order valence-corrected chi connectivity index (χ3v) is 10.3. The van der Waals surface area contributed by atoms with Gasteiger partial charge in [0.15, 0.2) is 0 Å². The summed E-state index contributed by atoms with van der Waals surface area (Å²) in [5, 5.41) is 10.7. The van der Waals surface area contributed by atoms with Crippen molar-refractivity contribution in [3.63, 3.8) is 0 Å². The number of likely N-dealkylation sites (tertiary alicyclic amines) is 1. The van der Waals surface area contributed by atoms with Gasteiger partial charge in [0.25, 0.3) is 5.91 Å². The molecule has 3 saturated heterocycles. The lowest BCUT2D eigenvalue weighted by Gasteiger charge is -2.40. The number of halogens is 1. The highest BCUT2D eigenvalue weighted by Gasteiger charge is 2.77. The lowest BCUT2D eigenvalue weighted by molar-refractivity contribution is -0.144. The molecule has 1 N–H and O–H groups in total. The molecule has 0 aromatic heterocycles. The number of aryl methyl sites for hydroxylation is 2. The Morgan fingerprint density at radius 2 is 1.76 bits per heavy atom. The van der Waals surface area contributed by atoms with Gasteiger partial charge in [0.2, 0.25) is 11.8 Å². The molecule has 3 heterocycles. The van der Waals surface area contributed by atoms with Gasteiger partial charge in [-0.05, 0) is 61.9 Å². The minimum absolute atomic E-state index is 0.145. The summed E-state index contributed by atoms with van der Waals surface area (Å²) >= 11 is 3.79. The van der Waals surface area contributed by atoms with Crippen LogP contribution in [-0.2, 0) is 19.1 Å². The highest BCUT2D eigenvalue weighted by molar-refractivity contribution is 9.09. The molecule has 3 fully saturated rings. The van der Waals surface area contributed by atoms with Gasteiger partial charge in [-0.3, -0.25) is 14.4 Å². The van der Waals surface area contributed by atoms with Crippen LogP contribution in [0.25, 0.3) is 0 Å². The molecule has 3 aliphatic rings. The zero-order chi connectivity index (χ0) is 32.6. The SMILES string of the molecule is C=CCN(C(=O)[C@H]1[C@@H]2OC3(CC2Br)C(C(=O)N(CC=C)c2cc(C)ccc2C)N([C@@H](CO)CC(C)C)C(=O)[C@H]13)c1ccccc1. The van der Waals surface area contributed by atoms with E-state index in [1.165, 1.54) is 0 Å². The Balaban J connectivity index is 1.65. The molecule has 2 aromatic carbocycles. The van der Waals surface area contributed by atoms with Crippen LogP contribution >= 0.6 is 15.9 Å². The molecule has 3 unspecified atom stereocenters. The summed E-state index contributed by atoms with van der Waals surface area (Å²) in [5.74, 6) is -2.44. The van der Waals surface area contributed by atoms with Crippen molar-refractivity contribution in [3.8, 4) is 0 Å². The van der Waals surface area contributed by atoms with E-state index in [-0.39, 0.29) is 48.2 Å². The number of fused-ring (bicyclic) bond motifs is 1. The first-order valence-corrected chi connectivity index (χ1v) is 16.6. The smallest absolute Gasteiger partial charge is 0.253 e. The molecule has 240 valence electrons. The molecule has 1 spiro atoms. The first-order chi connectivity index (χ1) is 21.5. The van der Waals surface area contributed by atoms with Crippen molar-refractivity contribution in [3.05, 3.63) is 85.0 Å². The van der Waals surface area contributed by atoms with Crippen LogP contribution in [0.2, 0.25) is 0 Å². The van der Waals surface area contributed by atoms with E-state index in [1.54, 1.807) is 26.9 Å². The van der Waals surface area contributed by atoms with Crippen molar-refractivity contribution in [1.82, 2.24) is 4.90 Å². The second-order valence-corrected chi connectivity index (χ2v) is 14.2. The van der Waals surface area contributed by atoms with Gasteiger partial charge in [-0.15, -0.1) is 13.2 Å². The number of ether oxygens (including phenoxy) is 1. The number of benzene rings is 2. The second kappa shape index (κ2) is 13.2. The molecular formula is C36H44BrN3O5. The number of amides is 3. The summed E-state index contributed by atoms with van der Waals surface area (Å²) in [6, 6.07) is 13.6. The maximum absolute atomic E-state index is 15.0. The Morgan fingerprint density at radius 1 is 1.09 bits per heavy atom. The van der Waals surface area contributed by atoms with Crippen LogP contribution in [0.5, 0.6) is 0 Å². The molecule has 2 bridgehead atoms. The van der Waals surface area contributed by atoms with Crippen LogP contribution in [0, 0.1) is 31.6 Å². The first-order valence-electron chi connectivity index (χ1n) is 15.7. The lowest BCUT2D eigenvalue weighted by Crippen LogP contribution is -2.59. The number of hydrogen-bond donors (Lipinski definition) is 1. The summed E-state index contributed by atoms with van der Waals surface area (Å²) in [6.45, 7) is 15.9. The van der Waals surface area contributed by atoms with E-state index in [4.69, 9.17) is 4.74 Å². The molecule has 8 nitrogen and oxygen atoms in total. The molecule has 3 aliphatic heterocycles. The molecule has 0 saturated carbocycles. The Morgan fingerprint density at radius 3 is 2.38 bits per heavy atom. The second-order valence-electron chi connectivity index (χ2n) is 13.0. The maximum atomic E-state index is 15.0. The lowest BCUT2D eigenvalue weighted by atomic mass is 9.70. The predicted octanol–water partition coefficient (Wildman–Crippen LogP) is 5.20. The summed E-state index contributed by atoms with van der Waals surface area (Å²) in [6.07, 6.45) is 3.61. The van der Waals surface area contributed by atoms with Crippen molar-refractivity contribution in [2.75, 3.05) is 29.5 Å². The molecule has 7 atom stereocenters. The van der Waals surface area contributed by atoms with Gasteiger partial charge in [0.05, 0.1) is 30.6 Å². The van der Waals surface area contributed by atoms with E-state index < -0.39 is 35.6 Å². The summed E-state index contributed by atoms with van der Waals surface area (Å²) in [7, 11) is 0. The Hall–Kier alpha value is -3.27. The van der Waals surface area contributed by atoms with E-state index in [0.29, 0.717) is 18.5 Å². The van der Waals surface area contributed by atoms with E-state index in [1.807, 2.05) is 76.2 Å². The van der Waals surface area contributed by atoms with Crippen LogP contribution in [0.1, 0.15) is 37.8 Å². The predicted molar refractivity (Wildman–Crippen MR) is 180 cm³/mol. The van der Waals surface area contributed by atoms with Gasteiger partial charge in [0.1, 0.15) is 11.6 Å². The van der Waals surface area contributed by atoms with Crippen molar-refractivity contribution in [2.45, 2.75) is 69.2 Å². The number of alkyl halides is 1. The number of carbonyl (C=O) groups excluding carboxylic acids is 3. The van der Waals surface area contributed by atoms with E-state index >= 15 is 4.79 Å². The molecule has 0 aliphatic carbocycles. The average molecular weight is 679 g/mol. The molecule has 45 heavy (non-hydrogen) atoms. The standard InChI is InChI=1S/C36H44BrN3O5/c1-7-16-38(25-12-10-9-11-13-25)33(42)29-30-34(43)40(26(21-41)18-22(3)4)32(36(30)20-27(37)31(29)45-36)35(44)39(17-8-2)28-19-23(5)14-15-24(28)6/h7-15,19,22,26-27,29-32,41H,1-2,16-18,20-21H2,3-6H3/t26-,27?,29-,30+,31-,32?,36?/m1/s1. The Labute approximate surface area is 274 Å². The number of anilines is 2. The average Bonchev–Trinajstić information content (AvgIpc) is 3.61. The van der Waals surface area contributed by atoms with Crippen molar-refractivity contribution in [1.29, 1.82) is 0 Å². The highest BCUT2D eigenvalue weighted by Crippen LogP contribution is 2.61. The minimum atomic E-state index is -1.26. The van der Waals surface area contributed by atoms with Gasteiger partial charge in [-0.2, -0.15) is 0 Å². The molecule has 3 amide bonds. The third kappa shape index (κ3) is 5.68. The number of carbonyl (C=O) groups is 3. The van der Waals surface area contributed by atoms with Gasteiger partial charge in [-0.1, -0.05) is 72.3 Å². The number of para-hydroxylation sites is 1. The minimum Gasteiger partial charge on any atom is -0.394 e. The maximum Gasteiger partial charge on any atom is 0.253 e. The van der Waals surface area contributed by atoms with Gasteiger partial charge in [0, 0.05) is 29.3 Å². The molecule has 9 heteroatoms. The monoisotopic (exact) mass is 677 g/mol. The fourth-order valence-corrected chi connectivity index (χ4v) is 8.62. The van der Waals surface area contributed by atoms with Crippen LogP contribution < -0.4 is 9.80 Å². The summed E-state index contributed by atoms with van der Waals surface area (Å²) in [4.78, 5) is 49.0. The first kappa shape index (κ1) is 33.1. The van der Waals surface area contributed by atoms with E-state index in [2.05, 4.69) is 29.1 Å². The topological polar surface area (TPSA) is 90.4 Å². The van der Waals surface area contributed by atoms with Crippen LogP contribution in [-0.4, -0.2) is 76.0 Å². The molecule has 2 aromatic rings. The van der Waals surface area contributed by atoms with Crippen LogP contribution in [0.4, 0.5) is 11.4 Å². The number of aliphatic hydroxyl groups is 1. The Bertz CT molecular complexity index is 1460. The van der Waals surface area contributed by atoms with Crippen molar-refractivity contribution in [2.24, 2.45) is 17.8 Å². The zero-order valence-corrected chi connectivity index (χ0v) is 28.2. The fourth-order valence-electron chi connectivity index (χ4n) is 7.68. The van der Waals surface area contributed by atoms with Crippen molar-refractivity contribution >= 4 is 45.0 Å². The highest BCUT2D eigenvalue weighted by atomic mass is 79.9. The molecular weight excluding hydrogens is 634 g/mol. The quantitative estimate of drug-likeness (QED) is 0.247. The largest absolute Gasteiger partial charge is 0.394 e. The number of aliphatic hydroxyl groups excluding tert-OH is 1. The summed E-state index contributed by atoms with van der Waals surface area (Å²) < 4.78 is 6.81. The normalized spacial score (nSPS) is 27.4. The zero-order valence-electron chi connectivity index (χ0n) is 26.6. The molecule has 5 rings (SSSR count). The third-order valence-electron chi connectivity index (χ3n) is 9.47. The molecule has 0 radical (unpaired) electrons. The summed E-state index contributed by atoms with van der Waals surface area (Å²) in [5.41, 5.74) is 2.07. The van der Waals surface area contributed by atoms with E-state index in [9.17, 15) is 14.7 Å². The number of rotatable bonds is 12. The van der Waals surface area contributed by atoms with Crippen molar-refractivity contribution < 1.29 is 24.2 Å². The van der Waals surface area contributed by atoms with Gasteiger partial charge >= 0.3 is 0 Å². The number of nitrogens with zero attached hydrogens (tertiary/aromatic N) is 3. The van der Waals surface area contributed by atoms with Crippen LogP contribution in [0.3, 0.4) is 0 Å². The van der Waals surface area contributed by atoms with E-state index in [0.717, 1.165) is 16.8 Å². The van der Waals surface area contributed by atoms with Gasteiger partial charge in [-0.25, -0.2) is 0 Å².